The third kappa shape index (κ3) is 3.84. The maximum absolute atomic E-state index is 4.25. The van der Waals surface area contributed by atoms with Crippen LogP contribution in [0.25, 0.3) is 0 Å². The van der Waals surface area contributed by atoms with Gasteiger partial charge < -0.3 is 5.32 Å². The maximum Gasteiger partial charge on any atom is 0.144 e. The molecule has 0 saturated carbocycles. The van der Waals surface area contributed by atoms with E-state index in [1.165, 1.54) is 5.56 Å². The molecule has 1 heterocycles. The molecule has 94 valence electrons. The van der Waals surface area contributed by atoms with Crippen molar-refractivity contribution < 1.29 is 0 Å². The van der Waals surface area contributed by atoms with E-state index in [2.05, 4.69) is 53.4 Å². The smallest absolute Gasteiger partial charge is 0.144 e. The van der Waals surface area contributed by atoms with E-state index in [0.29, 0.717) is 0 Å². The van der Waals surface area contributed by atoms with Gasteiger partial charge in [0.1, 0.15) is 5.82 Å². The van der Waals surface area contributed by atoms with Crippen LogP contribution in [0.3, 0.4) is 0 Å². The largest absolute Gasteiger partial charge is 0.364 e. The number of nitrogens with zero attached hydrogens (tertiary/aromatic N) is 2. The van der Waals surface area contributed by atoms with Crippen molar-refractivity contribution >= 4 is 5.82 Å². The van der Waals surface area contributed by atoms with Gasteiger partial charge in [0.15, 0.2) is 0 Å². The van der Waals surface area contributed by atoms with Crippen LogP contribution in [0.2, 0.25) is 0 Å². The Morgan fingerprint density at radius 3 is 2.56 bits per heavy atom. The van der Waals surface area contributed by atoms with Crippen molar-refractivity contribution in [1.82, 2.24) is 9.97 Å². The fourth-order valence-electron chi connectivity index (χ4n) is 1.87. The average molecular weight is 241 g/mol. The number of benzene rings is 1. The van der Waals surface area contributed by atoms with Gasteiger partial charge in [-0.15, -0.1) is 0 Å². The lowest BCUT2D eigenvalue weighted by molar-refractivity contribution is 0.516. The zero-order chi connectivity index (χ0) is 12.8. The van der Waals surface area contributed by atoms with E-state index < -0.39 is 0 Å². The molecule has 0 bridgehead atoms. The van der Waals surface area contributed by atoms with Gasteiger partial charge in [-0.25, -0.2) is 4.98 Å². The van der Waals surface area contributed by atoms with Crippen LogP contribution < -0.4 is 5.32 Å². The fraction of sp³-hybridized carbons (Fsp3) is 0.333. The molecule has 0 amide bonds. The summed E-state index contributed by atoms with van der Waals surface area (Å²) in [5, 5.41) is 3.41. The molecule has 0 spiro atoms. The van der Waals surface area contributed by atoms with E-state index in [9.17, 15) is 0 Å². The quantitative estimate of drug-likeness (QED) is 0.872. The van der Waals surface area contributed by atoms with Gasteiger partial charge in [0, 0.05) is 17.9 Å². The van der Waals surface area contributed by atoms with Gasteiger partial charge in [-0.05, 0) is 32.3 Å². The van der Waals surface area contributed by atoms with Crippen LogP contribution in [0, 0.1) is 0 Å². The first kappa shape index (κ1) is 12.6. The fourth-order valence-corrected chi connectivity index (χ4v) is 1.87. The van der Waals surface area contributed by atoms with E-state index in [0.717, 1.165) is 18.7 Å². The zero-order valence-corrected chi connectivity index (χ0v) is 10.9. The molecule has 0 fully saturated rings. The second kappa shape index (κ2) is 5.63. The van der Waals surface area contributed by atoms with Crippen LogP contribution in [-0.4, -0.2) is 15.5 Å². The number of rotatable bonds is 5. The Labute approximate surface area is 108 Å². The van der Waals surface area contributed by atoms with Gasteiger partial charge in [0.25, 0.3) is 0 Å². The molecule has 0 aliphatic rings. The molecule has 1 N–H and O–H groups in total. The van der Waals surface area contributed by atoms with Crippen molar-refractivity contribution in [3.63, 3.8) is 0 Å². The third-order valence-corrected chi connectivity index (χ3v) is 2.91. The minimum atomic E-state index is 0.00583. The summed E-state index contributed by atoms with van der Waals surface area (Å²) in [7, 11) is 0. The van der Waals surface area contributed by atoms with E-state index in [1.54, 1.807) is 18.6 Å². The topological polar surface area (TPSA) is 37.8 Å². The maximum atomic E-state index is 4.25. The van der Waals surface area contributed by atoms with Crippen molar-refractivity contribution in [2.24, 2.45) is 0 Å². The molecule has 0 unspecified atom stereocenters. The molecular formula is C15H19N3. The highest BCUT2D eigenvalue weighted by molar-refractivity contribution is 5.33. The molecule has 0 aliphatic heterocycles. The summed E-state index contributed by atoms with van der Waals surface area (Å²) in [5.74, 6) is 0.829. The van der Waals surface area contributed by atoms with Crippen LogP contribution in [0.1, 0.15) is 25.8 Å². The number of nitrogens with one attached hydrogen (secondary N) is 1. The van der Waals surface area contributed by atoms with Gasteiger partial charge in [-0.2, -0.15) is 0 Å². The molecule has 0 saturated heterocycles. The standard InChI is InChI=1S/C15H19N3/c1-15(2,18-14-12-16-10-11-17-14)9-8-13-6-4-3-5-7-13/h3-7,10-12H,8-9H2,1-2H3,(H,17,18). The van der Waals surface area contributed by atoms with Crippen molar-refractivity contribution in [1.29, 1.82) is 0 Å². The molecule has 3 nitrogen and oxygen atoms in total. The van der Waals surface area contributed by atoms with Crippen LogP contribution in [-0.2, 0) is 6.42 Å². The van der Waals surface area contributed by atoms with E-state index in [4.69, 9.17) is 0 Å². The Morgan fingerprint density at radius 2 is 1.89 bits per heavy atom. The minimum absolute atomic E-state index is 0.00583. The Morgan fingerprint density at radius 1 is 1.11 bits per heavy atom. The number of hydrogen-bond donors (Lipinski definition) is 1. The predicted octanol–water partition coefficient (Wildman–Crippen LogP) is 3.30. The average Bonchev–Trinajstić information content (AvgIpc) is 2.38. The number of anilines is 1. The summed E-state index contributed by atoms with van der Waals surface area (Å²) in [5.41, 5.74) is 1.37. The van der Waals surface area contributed by atoms with Crippen LogP contribution in [0.4, 0.5) is 5.82 Å². The summed E-state index contributed by atoms with van der Waals surface area (Å²) in [4.78, 5) is 8.31. The van der Waals surface area contributed by atoms with Crippen molar-refractivity contribution in [2.75, 3.05) is 5.32 Å². The van der Waals surface area contributed by atoms with Gasteiger partial charge in [-0.1, -0.05) is 30.3 Å². The van der Waals surface area contributed by atoms with Gasteiger partial charge >= 0.3 is 0 Å². The summed E-state index contributed by atoms with van der Waals surface area (Å²) in [6, 6.07) is 10.5. The second-order valence-electron chi connectivity index (χ2n) is 5.09. The molecule has 0 atom stereocenters. The molecule has 1 aromatic heterocycles. The van der Waals surface area contributed by atoms with Gasteiger partial charge in [0.2, 0.25) is 0 Å². The highest BCUT2D eigenvalue weighted by Crippen LogP contribution is 2.18. The molecule has 1 aromatic carbocycles. The highest BCUT2D eigenvalue weighted by atomic mass is 15.1. The lowest BCUT2D eigenvalue weighted by atomic mass is 9.95. The van der Waals surface area contributed by atoms with Crippen molar-refractivity contribution in [2.45, 2.75) is 32.2 Å². The summed E-state index contributed by atoms with van der Waals surface area (Å²) < 4.78 is 0. The normalized spacial score (nSPS) is 11.2. The molecule has 3 heteroatoms. The minimum Gasteiger partial charge on any atom is -0.364 e. The Balaban J connectivity index is 1.91. The molecule has 0 radical (unpaired) electrons. The van der Waals surface area contributed by atoms with Crippen molar-refractivity contribution in [3.8, 4) is 0 Å². The number of aryl methyl sites for hydroxylation is 1. The number of aromatic nitrogens is 2. The van der Waals surface area contributed by atoms with Crippen molar-refractivity contribution in [3.05, 3.63) is 54.5 Å². The Hall–Kier alpha value is -1.90. The molecule has 0 aliphatic carbocycles. The van der Waals surface area contributed by atoms with Gasteiger partial charge in [0.05, 0.1) is 6.20 Å². The van der Waals surface area contributed by atoms with Crippen LogP contribution in [0.15, 0.2) is 48.9 Å². The summed E-state index contributed by atoms with van der Waals surface area (Å²) in [6.45, 7) is 4.37. The lowest BCUT2D eigenvalue weighted by Gasteiger charge is -2.26. The van der Waals surface area contributed by atoms with Gasteiger partial charge in [-0.3, -0.25) is 4.98 Å². The van der Waals surface area contributed by atoms with Crippen LogP contribution in [0.5, 0.6) is 0 Å². The first-order valence-corrected chi connectivity index (χ1v) is 6.24. The molecule has 18 heavy (non-hydrogen) atoms. The zero-order valence-electron chi connectivity index (χ0n) is 10.9. The van der Waals surface area contributed by atoms with E-state index >= 15 is 0 Å². The first-order chi connectivity index (χ1) is 8.66. The SMILES string of the molecule is CC(C)(CCc1ccccc1)Nc1cnccn1. The summed E-state index contributed by atoms with van der Waals surface area (Å²) in [6.07, 6.45) is 7.25. The monoisotopic (exact) mass is 241 g/mol. The molecular weight excluding hydrogens is 222 g/mol. The first-order valence-electron chi connectivity index (χ1n) is 6.24. The second-order valence-corrected chi connectivity index (χ2v) is 5.09. The lowest BCUT2D eigenvalue weighted by Crippen LogP contribution is -2.31. The Kier molecular flexibility index (Phi) is 3.92. The van der Waals surface area contributed by atoms with Crippen LogP contribution >= 0.6 is 0 Å². The third-order valence-electron chi connectivity index (χ3n) is 2.91. The number of hydrogen-bond acceptors (Lipinski definition) is 3. The predicted molar refractivity (Wildman–Crippen MR) is 74.5 cm³/mol. The molecule has 2 rings (SSSR count). The molecule has 2 aromatic rings. The van der Waals surface area contributed by atoms with E-state index in [-0.39, 0.29) is 5.54 Å². The van der Waals surface area contributed by atoms with E-state index in [1.807, 2.05) is 6.07 Å². The summed E-state index contributed by atoms with van der Waals surface area (Å²) >= 11 is 0. The Bertz CT molecular complexity index is 466. The highest BCUT2D eigenvalue weighted by Gasteiger charge is 2.17.